The summed E-state index contributed by atoms with van der Waals surface area (Å²) in [6.45, 7) is 0. The minimum atomic E-state index is 1.26. The smallest absolute Gasteiger partial charge is 0.177 e. The van der Waals surface area contributed by atoms with Crippen LogP contribution in [0.2, 0.25) is 0 Å². The van der Waals surface area contributed by atoms with Crippen LogP contribution in [0.1, 0.15) is 0 Å². The van der Waals surface area contributed by atoms with Gasteiger partial charge in [-0.25, -0.2) is 0 Å². The van der Waals surface area contributed by atoms with Gasteiger partial charge in [-0.15, -0.1) is 11.8 Å². The van der Waals surface area contributed by atoms with Crippen molar-refractivity contribution in [1.29, 1.82) is 0 Å². The highest BCUT2D eigenvalue weighted by atomic mass is 32.2. The van der Waals surface area contributed by atoms with E-state index in [2.05, 4.69) is 11.6 Å². The predicted molar refractivity (Wildman–Crippen MR) is 36.6 cm³/mol. The van der Waals surface area contributed by atoms with E-state index in [1.54, 1.807) is 23.5 Å². The molecule has 0 aromatic rings. The Morgan fingerprint density at radius 1 is 1.86 bits per heavy atom. The van der Waals surface area contributed by atoms with Crippen molar-refractivity contribution < 1.29 is 0 Å². The van der Waals surface area contributed by atoms with E-state index in [9.17, 15) is 0 Å². The average molecular weight is 132 g/mol. The van der Waals surface area contributed by atoms with Crippen molar-refractivity contribution in [3.63, 3.8) is 0 Å². The molecule has 1 nitrogen and oxygen atoms in total. The molecule has 0 fully saturated rings. The minimum absolute atomic E-state index is 1.26. The molecule has 1 radical (unpaired) electrons. The third-order valence-electron chi connectivity index (χ3n) is 0.630. The molecule has 0 amide bonds. The quantitative estimate of drug-likeness (QED) is 0.582. The highest BCUT2D eigenvalue weighted by molar-refractivity contribution is 8.21. The maximum Gasteiger partial charge on any atom is 0.177 e. The van der Waals surface area contributed by atoms with Crippen LogP contribution in [0.4, 0.5) is 0 Å². The van der Waals surface area contributed by atoms with Gasteiger partial charge in [0.25, 0.3) is 0 Å². The van der Waals surface area contributed by atoms with Crippen LogP contribution in [0.5, 0.6) is 0 Å². The molecule has 0 aliphatic carbocycles. The minimum Gasteiger partial charge on any atom is -0.364 e. The molecule has 7 heavy (non-hydrogen) atoms. The molecule has 1 N–H and O–H groups in total. The van der Waals surface area contributed by atoms with Gasteiger partial charge in [0.1, 0.15) is 0 Å². The lowest BCUT2D eigenvalue weighted by Crippen LogP contribution is -1.99. The molecule has 0 aromatic heterocycles. The van der Waals surface area contributed by atoms with Gasteiger partial charge in [0.2, 0.25) is 0 Å². The maximum atomic E-state index is 3.07. The number of thioether (sulfide) groups is 2. The molecule has 0 spiro atoms. The molecule has 1 aliphatic rings. The Balaban J connectivity index is 2.22. The largest absolute Gasteiger partial charge is 0.364 e. The van der Waals surface area contributed by atoms with Crippen LogP contribution < -0.4 is 5.32 Å². The number of nitrogens with one attached hydrogen (secondary N) is 1. The van der Waals surface area contributed by atoms with E-state index < -0.39 is 0 Å². The first kappa shape index (κ1) is 5.38. The Kier molecular flexibility index (Phi) is 1.94. The van der Waals surface area contributed by atoms with Crippen LogP contribution in [0.15, 0.2) is 11.6 Å². The summed E-state index contributed by atoms with van der Waals surface area (Å²) in [6.07, 6.45) is 4.00. The first-order valence-electron chi connectivity index (χ1n) is 1.92. The maximum absolute atomic E-state index is 3.07. The van der Waals surface area contributed by atoms with E-state index in [1.807, 2.05) is 11.6 Å². The lowest BCUT2D eigenvalue weighted by Gasteiger charge is -2.00. The summed E-state index contributed by atoms with van der Waals surface area (Å²) in [5.41, 5.74) is 0. The topological polar surface area (TPSA) is 12.0 Å². The van der Waals surface area contributed by atoms with Gasteiger partial charge in [-0.05, 0) is 11.7 Å². The van der Waals surface area contributed by atoms with E-state index >= 15 is 0 Å². The second-order valence-electron chi connectivity index (χ2n) is 1.06. The van der Waals surface area contributed by atoms with E-state index in [-0.39, 0.29) is 0 Å². The molecule has 0 unspecified atom stereocenters. The second kappa shape index (κ2) is 2.52. The fourth-order valence-electron chi connectivity index (χ4n) is 0.339. The zero-order valence-electron chi connectivity index (χ0n) is 3.97. The van der Waals surface area contributed by atoms with E-state index in [1.165, 1.54) is 4.71 Å². The predicted octanol–water partition coefficient (Wildman–Crippen LogP) is 1.60. The van der Waals surface area contributed by atoms with Crippen molar-refractivity contribution in [3.8, 4) is 0 Å². The lowest BCUT2D eigenvalue weighted by molar-refractivity contribution is 1.16. The first-order valence-corrected chi connectivity index (χ1v) is 4.03. The Morgan fingerprint density at radius 2 is 2.71 bits per heavy atom. The highest BCUT2D eigenvalue weighted by Gasteiger charge is 2.06. The monoisotopic (exact) mass is 132 g/mol. The molecule has 3 heteroatoms. The summed E-state index contributed by atoms with van der Waals surface area (Å²) >= 11 is 3.47. The van der Waals surface area contributed by atoms with E-state index in [4.69, 9.17) is 0 Å². The van der Waals surface area contributed by atoms with Crippen LogP contribution in [-0.2, 0) is 0 Å². The molecule has 0 atom stereocenters. The van der Waals surface area contributed by atoms with E-state index in [0.29, 0.717) is 0 Å². The zero-order valence-corrected chi connectivity index (χ0v) is 5.60. The zero-order chi connectivity index (χ0) is 5.11. The van der Waals surface area contributed by atoms with Crippen LogP contribution in [0.25, 0.3) is 0 Å². The Labute approximate surface area is 51.9 Å². The van der Waals surface area contributed by atoms with Crippen molar-refractivity contribution in [3.05, 3.63) is 16.3 Å². The molecular formula is C4H6NS2. The van der Waals surface area contributed by atoms with Crippen molar-refractivity contribution in [2.75, 3.05) is 6.26 Å². The molecule has 1 aliphatic heterocycles. The van der Waals surface area contributed by atoms with Gasteiger partial charge in [0, 0.05) is 6.20 Å². The fraction of sp³-hybridized carbons (Fsp3) is 0.250. The summed E-state index contributed by atoms with van der Waals surface area (Å²) in [4.78, 5) is 0. The number of hydrogen-bond donors (Lipinski definition) is 1. The number of rotatable bonds is 1. The third-order valence-corrected chi connectivity index (χ3v) is 2.51. The van der Waals surface area contributed by atoms with Crippen LogP contribution >= 0.6 is 23.5 Å². The fourth-order valence-corrected chi connectivity index (χ4v) is 1.47. The highest BCUT2D eigenvalue weighted by Crippen LogP contribution is 2.30. The molecule has 39 valence electrons. The van der Waals surface area contributed by atoms with Gasteiger partial charge in [0.05, 0.1) is 0 Å². The van der Waals surface area contributed by atoms with Gasteiger partial charge in [-0.1, -0.05) is 11.8 Å². The van der Waals surface area contributed by atoms with Gasteiger partial charge >= 0.3 is 0 Å². The van der Waals surface area contributed by atoms with Crippen molar-refractivity contribution in [2.24, 2.45) is 0 Å². The molecule has 0 bridgehead atoms. The second-order valence-corrected chi connectivity index (χ2v) is 3.05. The van der Waals surface area contributed by atoms with E-state index in [0.717, 1.165) is 0 Å². The molecule has 1 rings (SSSR count). The molecular weight excluding hydrogens is 126 g/mol. The van der Waals surface area contributed by atoms with Gasteiger partial charge in [-0.2, -0.15) is 0 Å². The normalized spacial score (nSPS) is 20.1. The summed E-state index contributed by atoms with van der Waals surface area (Å²) in [5, 5.41) is 5.10. The average Bonchev–Trinajstić information content (AvgIpc) is 2.14. The molecule has 0 aromatic carbocycles. The molecule has 0 saturated carbocycles. The van der Waals surface area contributed by atoms with Crippen LogP contribution in [0.3, 0.4) is 0 Å². The first-order chi connectivity index (χ1) is 3.43. The third kappa shape index (κ3) is 1.31. The molecule has 0 saturated heterocycles. The van der Waals surface area contributed by atoms with Crippen LogP contribution in [-0.4, -0.2) is 6.26 Å². The number of hydrogen-bond acceptors (Lipinski definition) is 3. The van der Waals surface area contributed by atoms with Gasteiger partial charge in [-0.3, -0.25) is 0 Å². The van der Waals surface area contributed by atoms with Crippen LogP contribution in [0, 0.1) is 4.71 Å². The summed E-state index contributed by atoms with van der Waals surface area (Å²) in [6, 6.07) is 0. The summed E-state index contributed by atoms with van der Waals surface area (Å²) in [7, 11) is 0. The van der Waals surface area contributed by atoms with Gasteiger partial charge < -0.3 is 5.32 Å². The Hall–Kier alpha value is 0.240. The Bertz CT molecular complexity index is 73.8. The SMILES string of the molecule is CS[C]1NC=CS1. The standard InChI is InChI=1S/C4H6NS2/c1-6-4-5-2-3-7-4/h2-3,5H,1H3. The van der Waals surface area contributed by atoms with Crippen molar-refractivity contribution in [1.82, 2.24) is 5.32 Å². The molecule has 1 heterocycles. The summed E-state index contributed by atoms with van der Waals surface area (Å²) in [5.74, 6) is 0. The lowest BCUT2D eigenvalue weighted by atomic mass is 11.0. The Morgan fingerprint density at radius 3 is 3.00 bits per heavy atom. The van der Waals surface area contributed by atoms with Crippen molar-refractivity contribution >= 4 is 23.5 Å². The van der Waals surface area contributed by atoms with Gasteiger partial charge in [0.15, 0.2) is 4.71 Å². The summed E-state index contributed by atoms with van der Waals surface area (Å²) < 4.78 is 1.26. The van der Waals surface area contributed by atoms with Crippen molar-refractivity contribution in [2.45, 2.75) is 0 Å².